The molecule has 2 unspecified atom stereocenters. The predicted octanol–water partition coefficient (Wildman–Crippen LogP) is 3.65. The summed E-state index contributed by atoms with van der Waals surface area (Å²) in [6, 6.07) is 13.8. The molecule has 4 rings (SSSR count). The second kappa shape index (κ2) is 12.6. The number of carbonyl (C=O) groups excluding carboxylic acids is 1. The number of fused-ring (bicyclic) bond motifs is 1. The topological polar surface area (TPSA) is 65.5 Å². The Hall–Kier alpha value is -2.61. The number of hydrogen-bond acceptors (Lipinski definition) is 6. The number of β-amino-alcohol motifs (C(OH)–C–C–N with tert-alkyl or cyclic N) is 1. The van der Waals surface area contributed by atoms with Crippen LogP contribution in [0.5, 0.6) is 11.5 Å². The first-order valence-electron chi connectivity index (χ1n) is 13.3. The molecule has 0 aromatic heterocycles. The second-order valence-electron chi connectivity index (χ2n) is 10.0. The van der Waals surface area contributed by atoms with E-state index >= 15 is 0 Å². The molecule has 1 saturated heterocycles. The SMILES string of the molecule is CCCCN(C(=O)CCN1CCN(CC(O)C2COc3ccccc3O2)CC1)c1c(C)cccc1C. The molecule has 2 aromatic rings. The largest absolute Gasteiger partial charge is 0.486 e. The van der Waals surface area contributed by atoms with Crippen molar-refractivity contribution in [3.8, 4) is 11.5 Å². The van der Waals surface area contributed by atoms with Crippen molar-refractivity contribution < 1.29 is 19.4 Å². The van der Waals surface area contributed by atoms with Crippen LogP contribution >= 0.6 is 0 Å². The zero-order valence-electron chi connectivity index (χ0n) is 22.0. The summed E-state index contributed by atoms with van der Waals surface area (Å²) in [5.74, 6) is 1.62. The number of aliphatic hydroxyl groups excluding tert-OH is 1. The summed E-state index contributed by atoms with van der Waals surface area (Å²) in [5.41, 5.74) is 3.39. The van der Waals surface area contributed by atoms with Crippen molar-refractivity contribution in [1.82, 2.24) is 9.80 Å². The molecule has 7 heteroatoms. The molecule has 2 aliphatic rings. The number of anilines is 1. The number of hydrogen-bond donors (Lipinski definition) is 1. The third kappa shape index (κ3) is 6.58. The van der Waals surface area contributed by atoms with Crippen LogP contribution in [0, 0.1) is 13.8 Å². The molecule has 196 valence electrons. The highest BCUT2D eigenvalue weighted by Crippen LogP contribution is 2.31. The summed E-state index contributed by atoms with van der Waals surface area (Å²) in [6.07, 6.45) is 1.60. The fraction of sp³-hybridized carbons (Fsp3) is 0.552. The van der Waals surface area contributed by atoms with Gasteiger partial charge in [0.05, 0.1) is 0 Å². The number of unbranched alkanes of at least 4 members (excludes halogenated alkanes) is 1. The normalized spacial score (nSPS) is 19.2. The van der Waals surface area contributed by atoms with E-state index in [4.69, 9.17) is 9.47 Å². The molecule has 0 bridgehead atoms. The number of ether oxygens (including phenoxy) is 2. The van der Waals surface area contributed by atoms with Gasteiger partial charge in [-0.05, 0) is 43.5 Å². The Morgan fingerprint density at radius 2 is 1.69 bits per heavy atom. The lowest BCUT2D eigenvalue weighted by Crippen LogP contribution is -2.52. The number of piperazine rings is 1. The average molecular weight is 496 g/mol. The van der Waals surface area contributed by atoms with E-state index in [1.165, 1.54) is 0 Å². The molecular weight excluding hydrogens is 454 g/mol. The molecule has 7 nitrogen and oxygen atoms in total. The zero-order valence-corrected chi connectivity index (χ0v) is 22.0. The van der Waals surface area contributed by atoms with Crippen molar-refractivity contribution in [3.63, 3.8) is 0 Å². The van der Waals surface area contributed by atoms with Gasteiger partial charge in [-0.15, -0.1) is 0 Å². The number of nitrogens with zero attached hydrogens (tertiary/aromatic N) is 3. The van der Waals surface area contributed by atoms with Crippen molar-refractivity contribution in [2.24, 2.45) is 0 Å². The Morgan fingerprint density at radius 1 is 1.03 bits per heavy atom. The van der Waals surface area contributed by atoms with Crippen molar-refractivity contribution in [2.45, 2.75) is 52.2 Å². The highest BCUT2D eigenvalue weighted by Gasteiger charge is 2.30. The Morgan fingerprint density at radius 3 is 2.39 bits per heavy atom. The van der Waals surface area contributed by atoms with E-state index in [2.05, 4.69) is 48.8 Å². The number of aliphatic hydroxyl groups is 1. The van der Waals surface area contributed by atoms with E-state index in [0.717, 1.165) is 74.7 Å². The molecule has 1 fully saturated rings. The van der Waals surface area contributed by atoms with Crippen LogP contribution < -0.4 is 14.4 Å². The smallest absolute Gasteiger partial charge is 0.228 e. The van der Waals surface area contributed by atoms with Crippen LogP contribution in [0.15, 0.2) is 42.5 Å². The summed E-state index contributed by atoms with van der Waals surface area (Å²) >= 11 is 0. The zero-order chi connectivity index (χ0) is 25.5. The monoisotopic (exact) mass is 495 g/mol. The van der Waals surface area contributed by atoms with Crippen LogP contribution in [0.2, 0.25) is 0 Å². The predicted molar refractivity (Wildman–Crippen MR) is 143 cm³/mol. The van der Waals surface area contributed by atoms with Gasteiger partial charge in [-0.25, -0.2) is 0 Å². The van der Waals surface area contributed by atoms with Crippen LogP contribution in [-0.2, 0) is 4.79 Å². The molecule has 0 aliphatic carbocycles. The van der Waals surface area contributed by atoms with Crippen molar-refractivity contribution in [1.29, 1.82) is 0 Å². The minimum atomic E-state index is -0.615. The van der Waals surface area contributed by atoms with Gasteiger partial charge in [-0.3, -0.25) is 9.69 Å². The van der Waals surface area contributed by atoms with Crippen molar-refractivity contribution >= 4 is 11.6 Å². The van der Waals surface area contributed by atoms with Gasteiger partial charge in [-0.1, -0.05) is 43.7 Å². The molecule has 1 amide bonds. The van der Waals surface area contributed by atoms with Crippen molar-refractivity contribution in [3.05, 3.63) is 53.6 Å². The van der Waals surface area contributed by atoms with Gasteiger partial charge < -0.3 is 24.4 Å². The molecule has 2 aliphatic heterocycles. The molecule has 36 heavy (non-hydrogen) atoms. The van der Waals surface area contributed by atoms with Crippen LogP contribution in [0.25, 0.3) is 0 Å². The van der Waals surface area contributed by atoms with Crippen LogP contribution in [0.4, 0.5) is 5.69 Å². The van der Waals surface area contributed by atoms with E-state index in [1.807, 2.05) is 29.2 Å². The molecule has 1 N–H and O–H groups in total. The average Bonchev–Trinajstić information content (AvgIpc) is 2.89. The Balaban J connectivity index is 1.23. The van der Waals surface area contributed by atoms with Gasteiger partial charge in [0.1, 0.15) is 12.7 Å². The van der Waals surface area contributed by atoms with Crippen LogP contribution in [-0.4, -0.2) is 85.4 Å². The van der Waals surface area contributed by atoms with Gasteiger partial charge in [0, 0.05) is 57.9 Å². The molecule has 2 aromatic carbocycles. The minimum Gasteiger partial charge on any atom is -0.486 e. The first-order valence-corrected chi connectivity index (χ1v) is 13.3. The number of para-hydroxylation sites is 3. The molecular formula is C29H41N3O4. The van der Waals surface area contributed by atoms with E-state index in [9.17, 15) is 9.90 Å². The number of aryl methyl sites for hydroxylation is 2. The summed E-state index contributed by atoms with van der Waals surface area (Å²) in [5, 5.41) is 10.8. The molecule has 0 saturated carbocycles. The maximum absolute atomic E-state index is 13.3. The van der Waals surface area contributed by atoms with Gasteiger partial charge >= 0.3 is 0 Å². The lowest BCUT2D eigenvalue weighted by atomic mass is 10.1. The number of carbonyl (C=O) groups is 1. The maximum atomic E-state index is 13.3. The lowest BCUT2D eigenvalue weighted by molar-refractivity contribution is -0.119. The molecule has 2 heterocycles. The molecule has 0 radical (unpaired) electrons. The minimum absolute atomic E-state index is 0.202. The van der Waals surface area contributed by atoms with Gasteiger partial charge in [0.15, 0.2) is 17.6 Å². The summed E-state index contributed by atoms with van der Waals surface area (Å²) in [6.45, 7) is 12.3. The molecule has 2 atom stereocenters. The Kier molecular flexibility index (Phi) is 9.24. The summed E-state index contributed by atoms with van der Waals surface area (Å²) < 4.78 is 11.7. The maximum Gasteiger partial charge on any atom is 0.228 e. The van der Waals surface area contributed by atoms with Crippen LogP contribution in [0.3, 0.4) is 0 Å². The van der Waals surface area contributed by atoms with E-state index < -0.39 is 6.10 Å². The van der Waals surface area contributed by atoms with Gasteiger partial charge in [0.25, 0.3) is 0 Å². The third-order valence-electron chi connectivity index (χ3n) is 7.26. The van der Waals surface area contributed by atoms with E-state index in [-0.39, 0.29) is 12.0 Å². The molecule has 0 spiro atoms. The fourth-order valence-electron chi connectivity index (χ4n) is 5.10. The first kappa shape index (κ1) is 26.5. The lowest BCUT2D eigenvalue weighted by Gasteiger charge is -2.37. The Bertz CT molecular complexity index is 986. The fourth-order valence-corrected chi connectivity index (χ4v) is 5.10. The third-order valence-corrected chi connectivity index (χ3v) is 7.26. The standard InChI is InChI=1S/C29H41N3O4/c1-4-5-14-32(29-22(2)9-8-10-23(29)3)28(34)13-15-30-16-18-31(19-17-30)20-24(33)27-21-35-25-11-6-7-12-26(25)36-27/h6-12,24,27,33H,4-5,13-21H2,1-3H3. The van der Waals surface area contributed by atoms with Gasteiger partial charge in [-0.2, -0.15) is 0 Å². The highest BCUT2D eigenvalue weighted by atomic mass is 16.6. The Labute approximate surface area is 215 Å². The number of rotatable bonds is 10. The van der Waals surface area contributed by atoms with Crippen LogP contribution in [0.1, 0.15) is 37.3 Å². The second-order valence-corrected chi connectivity index (χ2v) is 10.0. The summed E-state index contributed by atoms with van der Waals surface area (Å²) in [4.78, 5) is 19.9. The van der Waals surface area contributed by atoms with E-state index in [1.54, 1.807) is 0 Å². The number of benzene rings is 2. The quantitative estimate of drug-likeness (QED) is 0.543. The first-order chi connectivity index (χ1) is 17.5. The highest BCUT2D eigenvalue weighted by molar-refractivity contribution is 5.95. The van der Waals surface area contributed by atoms with Gasteiger partial charge in [0.2, 0.25) is 5.91 Å². The number of amides is 1. The van der Waals surface area contributed by atoms with Crippen molar-refractivity contribution in [2.75, 3.05) is 57.3 Å². The van der Waals surface area contributed by atoms with E-state index in [0.29, 0.717) is 25.3 Å². The summed E-state index contributed by atoms with van der Waals surface area (Å²) in [7, 11) is 0.